The number of nitrogens with one attached hydrogen (secondary N) is 2. The molecule has 0 bridgehead atoms. The van der Waals surface area contributed by atoms with Gasteiger partial charge in [0.25, 0.3) is 0 Å². The van der Waals surface area contributed by atoms with E-state index in [4.69, 9.17) is 16.3 Å². The van der Waals surface area contributed by atoms with E-state index >= 15 is 0 Å². The van der Waals surface area contributed by atoms with Crippen molar-refractivity contribution in [2.45, 2.75) is 25.9 Å². The van der Waals surface area contributed by atoms with Crippen molar-refractivity contribution >= 4 is 22.5 Å². The zero-order chi connectivity index (χ0) is 16.8. The topological polar surface area (TPSA) is 49.9 Å². The van der Waals surface area contributed by atoms with E-state index in [0.717, 1.165) is 48.1 Å². The Bertz CT molecular complexity index is 773. The van der Waals surface area contributed by atoms with Crippen LogP contribution in [0.5, 0.6) is 5.75 Å². The van der Waals surface area contributed by atoms with E-state index in [0.29, 0.717) is 5.02 Å². The monoisotopic (exact) mass is 343 g/mol. The maximum absolute atomic E-state index is 6.35. The lowest BCUT2D eigenvalue weighted by Gasteiger charge is -2.20. The molecule has 1 aromatic heterocycles. The molecule has 0 aliphatic rings. The molecule has 126 valence electrons. The van der Waals surface area contributed by atoms with Gasteiger partial charge in [0.15, 0.2) is 0 Å². The third-order valence-corrected chi connectivity index (χ3v) is 4.15. The number of aromatic nitrogens is 2. The first-order valence-corrected chi connectivity index (χ1v) is 8.70. The van der Waals surface area contributed by atoms with E-state index in [2.05, 4.69) is 34.6 Å². The molecule has 0 radical (unpaired) electrons. The number of fused-ring (bicyclic) bond motifs is 1. The molecular weight excluding hydrogens is 322 g/mol. The van der Waals surface area contributed by atoms with Crippen LogP contribution in [0.15, 0.2) is 48.7 Å². The SMILES string of the molecule is CCCNCC[C@@H](Oc1cc(Cl)cc2[nH]ncc12)c1ccccc1. The van der Waals surface area contributed by atoms with Crippen LogP contribution in [0.25, 0.3) is 10.9 Å². The average Bonchev–Trinajstić information content (AvgIpc) is 3.06. The first-order valence-electron chi connectivity index (χ1n) is 8.33. The highest BCUT2D eigenvalue weighted by Gasteiger charge is 2.16. The Labute approximate surface area is 147 Å². The minimum Gasteiger partial charge on any atom is -0.485 e. The second-order valence-electron chi connectivity index (χ2n) is 5.79. The highest BCUT2D eigenvalue weighted by atomic mass is 35.5. The quantitative estimate of drug-likeness (QED) is 0.581. The van der Waals surface area contributed by atoms with Gasteiger partial charge in [-0.2, -0.15) is 5.10 Å². The second-order valence-corrected chi connectivity index (χ2v) is 6.23. The lowest BCUT2D eigenvalue weighted by molar-refractivity contribution is 0.196. The van der Waals surface area contributed by atoms with Crippen LogP contribution >= 0.6 is 11.6 Å². The van der Waals surface area contributed by atoms with Crippen LogP contribution in [-0.4, -0.2) is 23.3 Å². The fourth-order valence-corrected chi connectivity index (χ4v) is 2.94. The van der Waals surface area contributed by atoms with Crippen molar-refractivity contribution in [1.29, 1.82) is 0 Å². The number of H-pyrrole nitrogens is 1. The molecule has 0 saturated carbocycles. The summed E-state index contributed by atoms with van der Waals surface area (Å²) in [6.07, 6.45) is 3.75. The predicted octanol–water partition coefficient (Wildman–Crippen LogP) is 4.73. The maximum atomic E-state index is 6.35. The van der Waals surface area contributed by atoms with Crippen LogP contribution in [-0.2, 0) is 0 Å². The summed E-state index contributed by atoms with van der Waals surface area (Å²) >= 11 is 6.22. The lowest BCUT2D eigenvalue weighted by atomic mass is 10.1. The van der Waals surface area contributed by atoms with Gasteiger partial charge >= 0.3 is 0 Å². The molecule has 3 aromatic rings. The lowest BCUT2D eigenvalue weighted by Crippen LogP contribution is -2.20. The number of hydrogen-bond donors (Lipinski definition) is 2. The van der Waals surface area contributed by atoms with Gasteiger partial charge in [0.1, 0.15) is 11.9 Å². The van der Waals surface area contributed by atoms with Gasteiger partial charge in [-0.3, -0.25) is 5.10 Å². The van der Waals surface area contributed by atoms with Crippen molar-refractivity contribution < 1.29 is 4.74 Å². The molecule has 0 aliphatic carbocycles. The highest BCUT2D eigenvalue weighted by molar-refractivity contribution is 6.31. The summed E-state index contributed by atoms with van der Waals surface area (Å²) in [7, 11) is 0. The van der Waals surface area contributed by atoms with Crippen molar-refractivity contribution in [1.82, 2.24) is 15.5 Å². The highest BCUT2D eigenvalue weighted by Crippen LogP contribution is 2.33. The van der Waals surface area contributed by atoms with Gasteiger partial charge in [0.2, 0.25) is 0 Å². The minimum atomic E-state index is -0.0351. The number of rotatable bonds is 8. The minimum absolute atomic E-state index is 0.0351. The Kier molecular flexibility index (Phi) is 5.72. The summed E-state index contributed by atoms with van der Waals surface area (Å²) in [4.78, 5) is 0. The van der Waals surface area contributed by atoms with Crippen molar-refractivity contribution in [3.05, 3.63) is 59.2 Å². The predicted molar refractivity (Wildman–Crippen MR) is 98.7 cm³/mol. The van der Waals surface area contributed by atoms with Crippen LogP contribution in [0.4, 0.5) is 0 Å². The molecule has 0 saturated heterocycles. The molecule has 5 heteroatoms. The van der Waals surface area contributed by atoms with Crippen LogP contribution < -0.4 is 10.1 Å². The number of ether oxygens (including phenoxy) is 1. The summed E-state index contributed by atoms with van der Waals surface area (Å²) in [5.74, 6) is 0.760. The fraction of sp³-hybridized carbons (Fsp3) is 0.316. The third kappa shape index (κ3) is 4.08. The van der Waals surface area contributed by atoms with E-state index in [1.807, 2.05) is 30.3 Å². The van der Waals surface area contributed by atoms with Crippen molar-refractivity contribution in [2.24, 2.45) is 0 Å². The van der Waals surface area contributed by atoms with Crippen molar-refractivity contribution in [3.63, 3.8) is 0 Å². The van der Waals surface area contributed by atoms with Crippen LogP contribution in [0, 0.1) is 0 Å². The van der Waals surface area contributed by atoms with E-state index in [-0.39, 0.29) is 6.10 Å². The maximum Gasteiger partial charge on any atom is 0.132 e. The van der Waals surface area contributed by atoms with Crippen LogP contribution in [0.2, 0.25) is 5.02 Å². The second kappa shape index (κ2) is 8.18. The van der Waals surface area contributed by atoms with E-state index in [1.165, 1.54) is 0 Å². The number of aromatic amines is 1. The molecule has 24 heavy (non-hydrogen) atoms. The standard InChI is InChI=1S/C19H22ClN3O/c1-2-9-21-10-8-18(14-6-4-3-5-7-14)24-19-12-15(20)11-17-16(19)13-22-23-17/h3-7,11-13,18,21H,2,8-10H2,1H3,(H,22,23)/t18-/m1/s1. The molecule has 0 aliphatic heterocycles. The van der Waals surface area contributed by atoms with Gasteiger partial charge in [-0.05, 0) is 37.2 Å². The molecule has 4 nitrogen and oxygen atoms in total. The van der Waals surface area contributed by atoms with E-state index in [9.17, 15) is 0 Å². The Morgan fingerprint density at radius 3 is 2.83 bits per heavy atom. The molecule has 0 unspecified atom stereocenters. The van der Waals surface area contributed by atoms with Crippen molar-refractivity contribution in [3.8, 4) is 5.75 Å². The Morgan fingerprint density at radius 1 is 1.21 bits per heavy atom. The molecular formula is C19H22ClN3O. The first kappa shape index (κ1) is 16.8. The van der Waals surface area contributed by atoms with Gasteiger partial charge in [-0.1, -0.05) is 48.9 Å². The molecule has 2 N–H and O–H groups in total. The molecule has 0 amide bonds. The summed E-state index contributed by atoms with van der Waals surface area (Å²) < 4.78 is 6.35. The van der Waals surface area contributed by atoms with Gasteiger partial charge in [0.05, 0.1) is 17.1 Å². The van der Waals surface area contributed by atoms with Gasteiger partial charge < -0.3 is 10.1 Å². The Morgan fingerprint density at radius 2 is 2.04 bits per heavy atom. The van der Waals surface area contributed by atoms with Gasteiger partial charge in [-0.25, -0.2) is 0 Å². The fourth-order valence-electron chi connectivity index (χ4n) is 2.73. The summed E-state index contributed by atoms with van der Waals surface area (Å²) in [5, 5.41) is 12.1. The molecule has 3 rings (SSSR count). The number of nitrogens with zero attached hydrogens (tertiary/aromatic N) is 1. The zero-order valence-electron chi connectivity index (χ0n) is 13.8. The number of halogens is 1. The number of hydrogen-bond acceptors (Lipinski definition) is 3. The van der Waals surface area contributed by atoms with Gasteiger partial charge in [0, 0.05) is 11.4 Å². The van der Waals surface area contributed by atoms with Crippen molar-refractivity contribution in [2.75, 3.05) is 13.1 Å². The van der Waals surface area contributed by atoms with Gasteiger partial charge in [-0.15, -0.1) is 0 Å². The van der Waals surface area contributed by atoms with E-state index < -0.39 is 0 Å². The summed E-state index contributed by atoms with van der Waals surface area (Å²) in [5.41, 5.74) is 2.04. The third-order valence-electron chi connectivity index (χ3n) is 3.94. The van der Waals surface area contributed by atoms with Crippen LogP contribution in [0.3, 0.4) is 0 Å². The summed E-state index contributed by atoms with van der Waals surface area (Å²) in [6, 6.07) is 14.0. The van der Waals surface area contributed by atoms with Crippen LogP contribution in [0.1, 0.15) is 31.4 Å². The Hall–Kier alpha value is -2.04. The molecule has 1 atom stereocenters. The Balaban J connectivity index is 1.83. The summed E-state index contributed by atoms with van der Waals surface area (Å²) in [6.45, 7) is 4.09. The molecule has 1 heterocycles. The molecule has 0 spiro atoms. The number of benzene rings is 2. The van der Waals surface area contributed by atoms with E-state index in [1.54, 1.807) is 6.20 Å². The smallest absolute Gasteiger partial charge is 0.132 e. The molecule has 2 aromatic carbocycles. The first-order chi connectivity index (χ1) is 11.8. The average molecular weight is 344 g/mol. The molecule has 0 fully saturated rings. The largest absolute Gasteiger partial charge is 0.485 e. The zero-order valence-corrected chi connectivity index (χ0v) is 14.5. The normalized spacial score (nSPS) is 12.4.